The summed E-state index contributed by atoms with van der Waals surface area (Å²) in [5.74, 6) is 1.61. The van der Waals surface area contributed by atoms with Crippen molar-refractivity contribution in [1.82, 2.24) is 19.9 Å². The third-order valence-corrected chi connectivity index (χ3v) is 3.99. The van der Waals surface area contributed by atoms with Crippen molar-refractivity contribution in [2.45, 2.75) is 6.04 Å². The van der Waals surface area contributed by atoms with Gasteiger partial charge in [0.05, 0.1) is 18.2 Å². The Kier molecular flexibility index (Phi) is 1.87. The molecular formula is C13H14N4. The second-order valence-electron chi connectivity index (χ2n) is 4.90. The van der Waals surface area contributed by atoms with Crippen LogP contribution in [0.4, 0.5) is 0 Å². The van der Waals surface area contributed by atoms with E-state index in [1.54, 1.807) is 6.20 Å². The SMILES string of the molecule is c1cncc(-c2cncn2C2C3CNCC32)c1. The molecule has 0 amide bonds. The van der Waals surface area contributed by atoms with Crippen LogP contribution >= 0.6 is 0 Å². The summed E-state index contributed by atoms with van der Waals surface area (Å²) in [6.07, 6.45) is 7.62. The maximum Gasteiger partial charge on any atom is 0.0953 e. The summed E-state index contributed by atoms with van der Waals surface area (Å²) >= 11 is 0. The highest BCUT2D eigenvalue weighted by Crippen LogP contribution is 2.53. The quantitative estimate of drug-likeness (QED) is 0.840. The van der Waals surface area contributed by atoms with E-state index in [2.05, 4.69) is 25.9 Å². The highest BCUT2D eigenvalue weighted by molar-refractivity contribution is 5.57. The van der Waals surface area contributed by atoms with E-state index >= 15 is 0 Å². The van der Waals surface area contributed by atoms with Crippen molar-refractivity contribution in [2.24, 2.45) is 11.8 Å². The van der Waals surface area contributed by atoms with E-state index < -0.39 is 0 Å². The number of aromatic nitrogens is 3. The molecule has 0 aromatic carbocycles. The number of pyridine rings is 1. The number of hydrogen-bond donors (Lipinski definition) is 1. The van der Waals surface area contributed by atoms with Crippen molar-refractivity contribution in [1.29, 1.82) is 0 Å². The first-order valence-electron chi connectivity index (χ1n) is 6.08. The lowest BCUT2D eigenvalue weighted by Crippen LogP contribution is -2.16. The second-order valence-corrected chi connectivity index (χ2v) is 4.90. The van der Waals surface area contributed by atoms with Gasteiger partial charge in [-0.05, 0) is 24.0 Å². The lowest BCUT2D eigenvalue weighted by atomic mass is 10.2. The van der Waals surface area contributed by atoms with Crippen LogP contribution in [0.2, 0.25) is 0 Å². The highest BCUT2D eigenvalue weighted by Gasteiger charge is 2.54. The largest absolute Gasteiger partial charge is 0.327 e. The van der Waals surface area contributed by atoms with Gasteiger partial charge in [-0.2, -0.15) is 0 Å². The molecule has 1 N–H and O–H groups in total. The lowest BCUT2D eigenvalue weighted by molar-refractivity contribution is 0.573. The van der Waals surface area contributed by atoms with Crippen LogP contribution in [0.5, 0.6) is 0 Å². The molecule has 2 aromatic heterocycles. The molecule has 86 valence electrons. The van der Waals surface area contributed by atoms with Gasteiger partial charge >= 0.3 is 0 Å². The molecule has 2 aliphatic rings. The molecule has 1 saturated carbocycles. The van der Waals surface area contributed by atoms with E-state index in [4.69, 9.17) is 0 Å². The Morgan fingerprint density at radius 1 is 1.18 bits per heavy atom. The smallest absolute Gasteiger partial charge is 0.0953 e. The van der Waals surface area contributed by atoms with Crippen molar-refractivity contribution in [3.63, 3.8) is 0 Å². The number of imidazole rings is 1. The van der Waals surface area contributed by atoms with E-state index in [0.717, 1.165) is 30.5 Å². The molecular weight excluding hydrogens is 212 g/mol. The lowest BCUT2D eigenvalue weighted by Gasteiger charge is -2.10. The van der Waals surface area contributed by atoms with E-state index in [0.29, 0.717) is 6.04 Å². The summed E-state index contributed by atoms with van der Waals surface area (Å²) in [5.41, 5.74) is 2.35. The van der Waals surface area contributed by atoms with Gasteiger partial charge in [0.1, 0.15) is 0 Å². The fraction of sp³-hybridized carbons (Fsp3) is 0.385. The zero-order valence-electron chi connectivity index (χ0n) is 9.45. The maximum absolute atomic E-state index is 4.30. The van der Waals surface area contributed by atoms with E-state index in [-0.39, 0.29) is 0 Å². The van der Waals surface area contributed by atoms with Gasteiger partial charge in [0.15, 0.2) is 0 Å². The highest BCUT2D eigenvalue weighted by atomic mass is 15.2. The molecule has 4 nitrogen and oxygen atoms in total. The van der Waals surface area contributed by atoms with Crippen molar-refractivity contribution in [3.8, 4) is 11.3 Å². The van der Waals surface area contributed by atoms with Crippen molar-refractivity contribution in [3.05, 3.63) is 37.1 Å². The second kappa shape index (κ2) is 3.40. The van der Waals surface area contributed by atoms with Gasteiger partial charge < -0.3 is 9.88 Å². The third kappa shape index (κ3) is 1.34. The average Bonchev–Trinajstić information content (AvgIpc) is 2.80. The molecule has 1 saturated heterocycles. The minimum Gasteiger partial charge on any atom is -0.327 e. The first-order chi connectivity index (χ1) is 8.45. The fourth-order valence-corrected chi connectivity index (χ4v) is 3.08. The number of piperidine rings is 1. The van der Waals surface area contributed by atoms with Crippen molar-refractivity contribution in [2.75, 3.05) is 13.1 Å². The van der Waals surface area contributed by atoms with Gasteiger partial charge in [0.25, 0.3) is 0 Å². The molecule has 1 aliphatic heterocycles. The van der Waals surface area contributed by atoms with E-state index in [1.807, 2.05) is 24.8 Å². The maximum atomic E-state index is 4.30. The Morgan fingerprint density at radius 3 is 2.82 bits per heavy atom. The van der Waals surface area contributed by atoms with Gasteiger partial charge in [-0.15, -0.1) is 0 Å². The Morgan fingerprint density at radius 2 is 2.06 bits per heavy atom. The monoisotopic (exact) mass is 226 g/mol. The molecule has 2 fully saturated rings. The molecule has 2 unspecified atom stereocenters. The van der Waals surface area contributed by atoms with Gasteiger partial charge in [-0.1, -0.05) is 0 Å². The third-order valence-electron chi connectivity index (χ3n) is 3.99. The predicted molar refractivity (Wildman–Crippen MR) is 64.3 cm³/mol. The molecule has 0 radical (unpaired) electrons. The number of hydrogen-bond acceptors (Lipinski definition) is 3. The molecule has 1 aliphatic carbocycles. The molecule has 0 bridgehead atoms. The molecule has 3 heterocycles. The normalized spacial score (nSPS) is 30.2. The van der Waals surface area contributed by atoms with Crippen LogP contribution in [0.25, 0.3) is 11.3 Å². The van der Waals surface area contributed by atoms with Crippen LogP contribution in [0.15, 0.2) is 37.1 Å². The number of fused-ring (bicyclic) bond motifs is 1. The molecule has 2 aromatic rings. The molecule has 4 heteroatoms. The first kappa shape index (κ1) is 9.36. The summed E-state index contributed by atoms with van der Waals surface area (Å²) in [7, 11) is 0. The van der Waals surface area contributed by atoms with E-state index in [1.165, 1.54) is 5.69 Å². The zero-order valence-corrected chi connectivity index (χ0v) is 9.45. The number of nitrogens with zero attached hydrogens (tertiary/aromatic N) is 3. The van der Waals surface area contributed by atoms with Crippen LogP contribution in [0.1, 0.15) is 6.04 Å². The number of nitrogens with one attached hydrogen (secondary N) is 1. The van der Waals surface area contributed by atoms with Gasteiger partial charge in [-0.3, -0.25) is 4.98 Å². The Labute approximate surface area is 99.7 Å². The summed E-state index contributed by atoms with van der Waals surface area (Å²) in [6.45, 7) is 2.31. The van der Waals surface area contributed by atoms with Gasteiger partial charge in [0, 0.05) is 37.1 Å². The summed E-state index contributed by atoms with van der Waals surface area (Å²) in [4.78, 5) is 8.48. The predicted octanol–water partition coefficient (Wildman–Crippen LogP) is 1.34. The molecule has 2 atom stereocenters. The molecule has 4 rings (SSSR count). The Bertz CT molecular complexity index is 523. The molecule has 17 heavy (non-hydrogen) atoms. The van der Waals surface area contributed by atoms with Crippen LogP contribution in [-0.2, 0) is 0 Å². The number of rotatable bonds is 2. The van der Waals surface area contributed by atoms with Crippen LogP contribution < -0.4 is 5.32 Å². The average molecular weight is 226 g/mol. The summed E-state index contributed by atoms with van der Waals surface area (Å²) in [6, 6.07) is 4.72. The first-order valence-corrected chi connectivity index (χ1v) is 6.08. The van der Waals surface area contributed by atoms with Crippen LogP contribution in [0, 0.1) is 11.8 Å². The topological polar surface area (TPSA) is 42.7 Å². The van der Waals surface area contributed by atoms with Crippen molar-refractivity contribution >= 4 is 0 Å². The standard InChI is InChI=1S/C13H14N4/c1-2-9(4-14-3-1)12-7-16-8-17(12)13-10-5-15-6-11(10)13/h1-4,7-8,10-11,13,15H,5-6H2. The van der Waals surface area contributed by atoms with Crippen molar-refractivity contribution < 1.29 is 0 Å². The zero-order chi connectivity index (χ0) is 11.2. The van der Waals surface area contributed by atoms with Gasteiger partial charge in [0.2, 0.25) is 0 Å². The fourth-order valence-electron chi connectivity index (χ4n) is 3.08. The molecule has 0 spiro atoms. The minimum atomic E-state index is 0.647. The van der Waals surface area contributed by atoms with Crippen LogP contribution in [-0.4, -0.2) is 27.6 Å². The summed E-state index contributed by atoms with van der Waals surface area (Å²) < 4.78 is 2.33. The Hall–Kier alpha value is -1.68. The van der Waals surface area contributed by atoms with Crippen LogP contribution in [0.3, 0.4) is 0 Å². The summed E-state index contributed by atoms with van der Waals surface area (Å²) in [5, 5.41) is 3.43. The van der Waals surface area contributed by atoms with E-state index in [9.17, 15) is 0 Å². The Balaban J connectivity index is 1.72. The van der Waals surface area contributed by atoms with Gasteiger partial charge in [-0.25, -0.2) is 4.98 Å². The minimum absolute atomic E-state index is 0.647.